The minimum atomic E-state index is 0.0963. The second kappa shape index (κ2) is 3.63. The number of aromatic nitrogens is 1. The van der Waals surface area contributed by atoms with Gasteiger partial charge in [0.05, 0.1) is 14.8 Å². The molecule has 0 aliphatic carbocycles. The van der Waals surface area contributed by atoms with Crippen molar-refractivity contribution < 1.29 is 4.79 Å². The van der Waals surface area contributed by atoms with Gasteiger partial charge in [-0.3, -0.25) is 4.79 Å². The molecule has 0 saturated heterocycles. The van der Waals surface area contributed by atoms with Crippen molar-refractivity contribution in [3.8, 4) is 10.6 Å². The average molecular weight is 223 g/mol. The third kappa shape index (κ3) is 1.63. The fraction of sp³-hybridized carbons (Fsp3) is 0.200. The lowest BCUT2D eigenvalue weighted by Crippen LogP contribution is -1.89. The van der Waals surface area contributed by atoms with Crippen LogP contribution >= 0.6 is 22.7 Å². The van der Waals surface area contributed by atoms with E-state index < -0.39 is 0 Å². The Bertz CT molecular complexity index is 456. The maximum atomic E-state index is 11.3. The molecule has 0 radical (unpaired) electrons. The number of hydrogen-bond acceptors (Lipinski definition) is 4. The molecular formula is C10H9NOS2. The topological polar surface area (TPSA) is 30.0 Å². The molecule has 2 aromatic rings. The number of aryl methyl sites for hydroxylation is 1. The maximum Gasteiger partial charge on any atom is 0.172 e. The zero-order chi connectivity index (χ0) is 10.1. The van der Waals surface area contributed by atoms with Crippen molar-refractivity contribution in [1.29, 1.82) is 0 Å². The summed E-state index contributed by atoms with van der Waals surface area (Å²) >= 11 is 3.08. The molecule has 0 unspecified atom stereocenters. The number of thiazole rings is 1. The summed E-state index contributed by atoms with van der Waals surface area (Å²) in [5, 5.41) is 2.94. The highest BCUT2D eigenvalue weighted by Crippen LogP contribution is 2.31. The van der Waals surface area contributed by atoms with Gasteiger partial charge < -0.3 is 0 Å². The number of carbonyl (C=O) groups excluding carboxylic acids is 1. The Morgan fingerprint density at radius 1 is 1.50 bits per heavy atom. The summed E-state index contributed by atoms with van der Waals surface area (Å²) in [5.41, 5.74) is 0.843. The average Bonchev–Trinajstić information content (AvgIpc) is 2.70. The van der Waals surface area contributed by atoms with Gasteiger partial charge in [-0.2, -0.15) is 0 Å². The van der Waals surface area contributed by atoms with Crippen LogP contribution in [0.25, 0.3) is 10.6 Å². The van der Waals surface area contributed by atoms with E-state index >= 15 is 0 Å². The van der Waals surface area contributed by atoms with Crippen LogP contribution in [0.15, 0.2) is 17.5 Å². The third-order valence-corrected chi connectivity index (χ3v) is 3.76. The highest BCUT2D eigenvalue weighted by Gasteiger charge is 2.15. The lowest BCUT2D eigenvalue weighted by molar-refractivity contribution is 0.102. The predicted octanol–water partition coefficient (Wildman–Crippen LogP) is 3.38. The molecule has 4 heteroatoms. The molecule has 0 atom stereocenters. The van der Waals surface area contributed by atoms with E-state index in [0.717, 1.165) is 20.5 Å². The van der Waals surface area contributed by atoms with Crippen LogP contribution in [-0.2, 0) is 0 Å². The zero-order valence-corrected chi connectivity index (χ0v) is 9.54. The maximum absolute atomic E-state index is 11.3. The van der Waals surface area contributed by atoms with Crippen molar-refractivity contribution in [2.75, 3.05) is 0 Å². The quantitative estimate of drug-likeness (QED) is 0.730. The molecular weight excluding hydrogens is 214 g/mol. The van der Waals surface area contributed by atoms with E-state index in [1.165, 1.54) is 11.3 Å². The molecule has 2 nitrogen and oxygen atoms in total. The number of ketones is 1. The monoisotopic (exact) mass is 223 g/mol. The highest BCUT2D eigenvalue weighted by molar-refractivity contribution is 7.16. The van der Waals surface area contributed by atoms with E-state index in [-0.39, 0.29) is 5.78 Å². The van der Waals surface area contributed by atoms with Crippen molar-refractivity contribution in [2.45, 2.75) is 13.8 Å². The van der Waals surface area contributed by atoms with Crippen LogP contribution in [0, 0.1) is 6.92 Å². The second-order valence-electron chi connectivity index (χ2n) is 2.94. The number of thiophene rings is 1. The first-order valence-corrected chi connectivity index (χ1v) is 5.90. The van der Waals surface area contributed by atoms with Crippen molar-refractivity contribution in [2.24, 2.45) is 0 Å². The third-order valence-electron chi connectivity index (χ3n) is 1.81. The summed E-state index contributed by atoms with van der Waals surface area (Å²) in [6, 6.07) is 3.96. The van der Waals surface area contributed by atoms with Crippen LogP contribution in [0.5, 0.6) is 0 Å². The molecule has 0 bridgehead atoms. The molecule has 2 aromatic heterocycles. The van der Waals surface area contributed by atoms with Crippen LogP contribution < -0.4 is 0 Å². The van der Waals surface area contributed by atoms with Crippen molar-refractivity contribution in [3.63, 3.8) is 0 Å². The Labute approximate surface area is 90.2 Å². The standard InChI is InChI=1S/C10H9NOS2/c1-6(12)10-9(11-7(2)14-10)8-4-3-5-13-8/h3-5H,1-2H3. The van der Waals surface area contributed by atoms with Crippen molar-refractivity contribution in [3.05, 3.63) is 27.4 Å². The summed E-state index contributed by atoms with van der Waals surface area (Å²) < 4.78 is 0. The van der Waals surface area contributed by atoms with Crippen molar-refractivity contribution >= 4 is 28.5 Å². The molecule has 2 rings (SSSR count). The molecule has 0 saturated carbocycles. The molecule has 72 valence electrons. The summed E-state index contributed by atoms with van der Waals surface area (Å²) in [6.45, 7) is 3.51. The minimum absolute atomic E-state index is 0.0963. The lowest BCUT2D eigenvalue weighted by atomic mass is 10.2. The summed E-state index contributed by atoms with van der Waals surface area (Å²) in [6.07, 6.45) is 0. The molecule has 2 heterocycles. The van der Waals surface area contributed by atoms with Crippen LogP contribution in [-0.4, -0.2) is 10.8 Å². The number of hydrogen-bond donors (Lipinski definition) is 0. The minimum Gasteiger partial charge on any atom is -0.294 e. The predicted molar refractivity (Wildman–Crippen MR) is 60.2 cm³/mol. The Morgan fingerprint density at radius 2 is 2.29 bits per heavy atom. The van der Waals surface area contributed by atoms with Crippen molar-refractivity contribution in [1.82, 2.24) is 4.98 Å². The van der Waals surface area contributed by atoms with Crippen LogP contribution in [0.3, 0.4) is 0 Å². The van der Waals surface area contributed by atoms with E-state index in [9.17, 15) is 4.79 Å². The number of carbonyl (C=O) groups is 1. The first kappa shape index (κ1) is 9.55. The van der Waals surface area contributed by atoms with Gasteiger partial charge in [0.25, 0.3) is 0 Å². The first-order chi connectivity index (χ1) is 6.68. The Hall–Kier alpha value is -1.00. The Balaban J connectivity index is 2.58. The van der Waals surface area contributed by atoms with Gasteiger partial charge in [-0.25, -0.2) is 4.98 Å². The molecule has 14 heavy (non-hydrogen) atoms. The largest absolute Gasteiger partial charge is 0.294 e. The SMILES string of the molecule is CC(=O)c1sc(C)nc1-c1cccs1. The summed E-state index contributed by atoms with van der Waals surface area (Å²) in [4.78, 5) is 17.6. The van der Waals surface area contributed by atoms with Gasteiger partial charge >= 0.3 is 0 Å². The fourth-order valence-corrected chi connectivity index (χ4v) is 2.86. The second-order valence-corrected chi connectivity index (χ2v) is 5.09. The summed E-state index contributed by atoms with van der Waals surface area (Å²) in [7, 11) is 0. The Kier molecular flexibility index (Phi) is 2.48. The molecule has 0 aromatic carbocycles. The van der Waals surface area contributed by atoms with Gasteiger partial charge in [-0.1, -0.05) is 6.07 Å². The van der Waals surface area contributed by atoms with E-state index in [2.05, 4.69) is 4.98 Å². The van der Waals surface area contributed by atoms with Crippen LogP contribution in [0.1, 0.15) is 21.6 Å². The first-order valence-electron chi connectivity index (χ1n) is 4.20. The van der Waals surface area contributed by atoms with E-state index in [1.807, 2.05) is 24.4 Å². The van der Waals surface area contributed by atoms with Gasteiger partial charge in [0.2, 0.25) is 0 Å². The fourth-order valence-electron chi connectivity index (χ4n) is 1.25. The van der Waals surface area contributed by atoms with E-state index in [1.54, 1.807) is 18.3 Å². The van der Waals surface area contributed by atoms with Gasteiger partial charge in [0, 0.05) is 6.92 Å². The Morgan fingerprint density at radius 3 is 2.86 bits per heavy atom. The van der Waals surface area contributed by atoms with Gasteiger partial charge in [0.15, 0.2) is 5.78 Å². The van der Waals surface area contributed by atoms with Gasteiger partial charge in [-0.05, 0) is 18.4 Å². The number of Topliss-reactive ketones (excluding diaryl/α,β-unsaturated/α-hetero) is 1. The number of rotatable bonds is 2. The van der Waals surface area contributed by atoms with E-state index in [0.29, 0.717) is 0 Å². The summed E-state index contributed by atoms with van der Waals surface area (Å²) in [5.74, 6) is 0.0963. The highest BCUT2D eigenvalue weighted by atomic mass is 32.1. The molecule has 0 aliphatic heterocycles. The zero-order valence-electron chi connectivity index (χ0n) is 7.90. The molecule has 0 fully saturated rings. The molecule has 0 amide bonds. The van der Waals surface area contributed by atoms with Crippen LogP contribution in [0.2, 0.25) is 0 Å². The normalized spacial score (nSPS) is 10.4. The van der Waals surface area contributed by atoms with Gasteiger partial charge in [-0.15, -0.1) is 22.7 Å². The van der Waals surface area contributed by atoms with Crippen LogP contribution in [0.4, 0.5) is 0 Å². The molecule has 0 aliphatic rings. The molecule has 0 spiro atoms. The smallest absolute Gasteiger partial charge is 0.172 e. The molecule has 0 N–H and O–H groups in total. The van der Waals surface area contributed by atoms with E-state index in [4.69, 9.17) is 0 Å². The lowest BCUT2D eigenvalue weighted by Gasteiger charge is -1.93. The number of nitrogens with zero attached hydrogens (tertiary/aromatic N) is 1. The van der Waals surface area contributed by atoms with Gasteiger partial charge in [0.1, 0.15) is 5.69 Å².